The SMILES string of the molecule is CCN(CC)C(=O)C(C)NC(C)CC1CCCN1. The molecule has 1 aliphatic heterocycles. The summed E-state index contributed by atoms with van der Waals surface area (Å²) < 4.78 is 0. The third-order valence-corrected chi connectivity index (χ3v) is 3.78. The van der Waals surface area contributed by atoms with Crippen molar-refractivity contribution in [2.75, 3.05) is 19.6 Å². The van der Waals surface area contributed by atoms with E-state index < -0.39 is 0 Å². The Kier molecular flexibility index (Phi) is 6.65. The number of amides is 1. The van der Waals surface area contributed by atoms with E-state index in [-0.39, 0.29) is 11.9 Å². The van der Waals surface area contributed by atoms with Crippen LogP contribution in [-0.4, -0.2) is 48.6 Å². The van der Waals surface area contributed by atoms with Crippen molar-refractivity contribution in [1.29, 1.82) is 0 Å². The van der Waals surface area contributed by atoms with Gasteiger partial charge in [-0.2, -0.15) is 0 Å². The molecule has 1 saturated heterocycles. The van der Waals surface area contributed by atoms with Gasteiger partial charge in [-0.15, -0.1) is 0 Å². The van der Waals surface area contributed by atoms with Gasteiger partial charge in [-0.25, -0.2) is 0 Å². The molecule has 0 radical (unpaired) electrons. The molecule has 1 aliphatic rings. The zero-order chi connectivity index (χ0) is 13.5. The average Bonchev–Trinajstić information content (AvgIpc) is 2.82. The van der Waals surface area contributed by atoms with Gasteiger partial charge in [0, 0.05) is 25.2 Å². The summed E-state index contributed by atoms with van der Waals surface area (Å²) in [5.41, 5.74) is 0. The van der Waals surface area contributed by atoms with Crippen molar-refractivity contribution in [1.82, 2.24) is 15.5 Å². The molecule has 0 spiro atoms. The van der Waals surface area contributed by atoms with Crippen molar-refractivity contribution in [2.24, 2.45) is 0 Å². The maximum absolute atomic E-state index is 12.1. The van der Waals surface area contributed by atoms with Gasteiger partial charge in [0.25, 0.3) is 0 Å². The molecular weight excluding hydrogens is 226 g/mol. The van der Waals surface area contributed by atoms with E-state index in [1.165, 1.54) is 12.8 Å². The molecule has 106 valence electrons. The first kappa shape index (κ1) is 15.4. The molecule has 3 unspecified atom stereocenters. The van der Waals surface area contributed by atoms with Crippen molar-refractivity contribution in [3.8, 4) is 0 Å². The molecule has 1 amide bonds. The summed E-state index contributed by atoms with van der Waals surface area (Å²) in [5, 5.41) is 6.92. The van der Waals surface area contributed by atoms with Crippen LogP contribution in [0.15, 0.2) is 0 Å². The predicted molar refractivity (Wildman–Crippen MR) is 75.6 cm³/mol. The molecule has 1 fully saturated rings. The highest BCUT2D eigenvalue weighted by Crippen LogP contribution is 2.11. The number of carbonyl (C=O) groups is 1. The number of likely N-dealkylation sites (N-methyl/N-ethyl adjacent to an activating group) is 1. The van der Waals surface area contributed by atoms with E-state index in [0.29, 0.717) is 12.1 Å². The van der Waals surface area contributed by atoms with Crippen LogP contribution in [0.4, 0.5) is 0 Å². The molecule has 2 N–H and O–H groups in total. The van der Waals surface area contributed by atoms with Crippen molar-refractivity contribution >= 4 is 5.91 Å². The second kappa shape index (κ2) is 7.74. The molecule has 4 heteroatoms. The van der Waals surface area contributed by atoms with Crippen molar-refractivity contribution in [2.45, 2.75) is 65.1 Å². The monoisotopic (exact) mass is 255 g/mol. The maximum Gasteiger partial charge on any atom is 0.239 e. The maximum atomic E-state index is 12.1. The first-order chi connectivity index (χ1) is 8.58. The molecule has 0 aromatic carbocycles. The van der Waals surface area contributed by atoms with Crippen LogP contribution < -0.4 is 10.6 Å². The standard InChI is InChI=1S/C14H29N3O/c1-5-17(6-2)14(18)12(4)16-11(3)10-13-8-7-9-15-13/h11-13,15-16H,5-10H2,1-4H3. The Labute approximate surface area is 111 Å². The van der Waals surface area contributed by atoms with E-state index in [2.05, 4.69) is 17.6 Å². The van der Waals surface area contributed by atoms with Crippen LogP contribution in [-0.2, 0) is 4.79 Å². The Morgan fingerprint density at radius 3 is 2.56 bits per heavy atom. The van der Waals surface area contributed by atoms with Gasteiger partial charge in [0.1, 0.15) is 0 Å². The number of carbonyl (C=O) groups excluding carboxylic acids is 1. The summed E-state index contributed by atoms with van der Waals surface area (Å²) in [6.07, 6.45) is 3.66. The highest BCUT2D eigenvalue weighted by molar-refractivity contribution is 5.81. The highest BCUT2D eigenvalue weighted by atomic mass is 16.2. The van der Waals surface area contributed by atoms with Gasteiger partial charge in [0.05, 0.1) is 6.04 Å². The molecule has 0 bridgehead atoms. The van der Waals surface area contributed by atoms with Gasteiger partial charge in [0.2, 0.25) is 5.91 Å². The molecule has 3 atom stereocenters. The fraction of sp³-hybridized carbons (Fsp3) is 0.929. The predicted octanol–water partition coefficient (Wildman–Crippen LogP) is 1.36. The lowest BCUT2D eigenvalue weighted by atomic mass is 10.1. The Morgan fingerprint density at radius 1 is 1.39 bits per heavy atom. The molecule has 4 nitrogen and oxygen atoms in total. The van der Waals surface area contributed by atoms with Crippen molar-refractivity contribution < 1.29 is 4.79 Å². The fourth-order valence-electron chi connectivity index (χ4n) is 2.76. The fourth-order valence-corrected chi connectivity index (χ4v) is 2.76. The van der Waals surface area contributed by atoms with E-state index in [1.54, 1.807) is 0 Å². The van der Waals surface area contributed by atoms with Crippen LogP contribution in [0.3, 0.4) is 0 Å². The number of hydrogen-bond donors (Lipinski definition) is 2. The summed E-state index contributed by atoms with van der Waals surface area (Å²) in [6.45, 7) is 10.9. The number of rotatable bonds is 7. The first-order valence-corrected chi connectivity index (χ1v) is 7.36. The van der Waals surface area contributed by atoms with Crippen LogP contribution in [0, 0.1) is 0 Å². The second-order valence-corrected chi connectivity index (χ2v) is 5.33. The lowest BCUT2D eigenvalue weighted by molar-refractivity contribution is -0.132. The third-order valence-electron chi connectivity index (χ3n) is 3.78. The van der Waals surface area contributed by atoms with Gasteiger partial charge < -0.3 is 15.5 Å². The Hall–Kier alpha value is -0.610. The minimum Gasteiger partial charge on any atom is -0.342 e. The van der Waals surface area contributed by atoms with E-state index in [9.17, 15) is 4.79 Å². The lowest BCUT2D eigenvalue weighted by Crippen LogP contribution is -2.48. The largest absolute Gasteiger partial charge is 0.342 e. The van der Waals surface area contributed by atoms with E-state index in [4.69, 9.17) is 0 Å². The van der Waals surface area contributed by atoms with E-state index >= 15 is 0 Å². The smallest absolute Gasteiger partial charge is 0.239 e. The molecule has 0 aliphatic carbocycles. The zero-order valence-electron chi connectivity index (χ0n) is 12.3. The first-order valence-electron chi connectivity index (χ1n) is 7.36. The minimum absolute atomic E-state index is 0.0821. The molecule has 18 heavy (non-hydrogen) atoms. The van der Waals surface area contributed by atoms with Gasteiger partial charge in [-0.05, 0) is 53.5 Å². The topological polar surface area (TPSA) is 44.4 Å². The summed E-state index contributed by atoms with van der Waals surface area (Å²) in [4.78, 5) is 14.0. The zero-order valence-corrected chi connectivity index (χ0v) is 12.3. The number of nitrogens with one attached hydrogen (secondary N) is 2. The second-order valence-electron chi connectivity index (χ2n) is 5.33. The van der Waals surface area contributed by atoms with E-state index in [1.807, 2.05) is 25.7 Å². The van der Waals surface area contributed by atoms with Crippen LogP contribution in [0.5, 0.6) is 0 Å². The minimum atomic E-state index is -0.0821. The van der Waals surface area contributed by atoms with E-state index in [0.717, 1.165) is 26.1 Å². The highest BCUT2D eigenvalue weighted by Gasteiger charge is 2.22. The Morgan fingerprint density at radius 2 is 2.06 bits per heavy atom. The van der Waals surface area contributed by atoms with Crippen LogP contribution >= 0.6 is 0 Å². The number of nitrogens with zero attached hydrogens (tertiary/aromatic N) is 1. The van der Waals surface area contributed by atoms with Gasteiger partial charge in [0.15, 0.2) is 0 Å². The van der Waals surface area contributed by atoms with Gasteiger partial charge >= 0.3 is 0 Å². The summed E-state index contributed by atoms with van der Waals surface area (Å²) in [6, 6.07) is 0.930. The van der Waals surface area contributed by atoms with Crippen molar-refractivity contribution in [3.05, 3.63) is 0 Å². The van der Waals surface area contributed by atoms with Crippen LogP contribution in [0.2, 0.25) is 0 Å². The number of hydrogen-bond acceptors (Lipinski definition) is 3. The quantitative estimate of drug-likeness (QED) is 0.722. The normalized spacial score (nSPS) is 22.8. The lowest BCUT2D eigenvalue weighted by Gasteiger charge is -2.27. The molecule has 0 aromatic rings. The molecule has 0 aromatic heterocycles. The van der Waals surface area contributed by atoms with Crippen LogP contribution in [0.1, 0.15) is 47.0 Å². The molecule has 0 saturated carbocycles. The molecule has 1 rings (SSSR count). The van der Waals surface area contributed by atoms with Gasteiger partial charge in [-0.3, -0.25) is 4.79 Å². The average molecular weight is 255 g/mol. The summed E-state index contributed by atoms with van der Waals surface area (Å²) in [5.74, 6) is 0.214. The third kappa shape index (κ3) is 4.58. The Balaban J connectivity index is 2.33. The molecular formula is C14H29N3O. The van der Waals surface area contributed by atoms with Gasteiger partial charge in [-0.1, -0.05) is 0 Å². The van der Waals surface area contributed by atoms with Crippen molar-refractivity contribution in [3.63, 3.8) is 0 Å². The summed E-state index contributed by atoms with van der Waals surface area (Å²) >= 11 is 0. The molecule has 1 heterocycles. The Bertz CT molecular complexity index is 247. The van der Waals surface area contributed by atoms with Crippen LogP contribution in [0.25, 0.3) is 0 Å². The summed E-state index contributed by atoms with van der Waals surface area (Å²) in [7, 11) is 0.